The second-order valence-electron chi connectivity index (χ2n) is 5.71. The van der Waals surface area contributed by atoms with Crippen molar-refractivity contribution in [3.8, 4) is 17.0 Å². The minimum absolute atomic E-state index is 0.150. The summed E-state index contributed by atoms with van der Waals surface area (Å²) in [4.78, 5) is 23.7. The van der Waals surface area contributed by atoms with Crippen LogP contribution in [-0.4, -0.2) is 35.8 Å². The van der Waals surface area contributed by atoms with Crippen molar-refractivity contribution in [3.63, 3.8) is 0 Å². The molecule has 1 aromatic heterocycles. The summed E-state index contributed by atoms with van der Waals surface area (Å²) in [5.41, 5.74) is 2.87. The lowest BCUT2D eigenvalue weighted by atomic mass is 10.0. The predicted molar refractivity (Wildman–Crippen MR) is 87.7 cm³/mol. The molecule has 0 spiro atoms. The van der Waals surface area contributed by atoms with Crippen LogP contribution in [0.2, 0.25) is 0 Å². The van der Waals surface area contributed by atoms with E-state index in [4.69, 9.17) is 9.47 Å². The van der Waals surface area contributed by atoms with Gasteiger partial charge >= 0.3 is 11.9 Å². The van der Waals surface area contributed by atoms with Crippen LogP contribution in [-0.2, 0) is 17.7 Å². The summed E-state index contributed by atoms with van der Waals surface area (Å²) in [6.45, 7) is 0.757. The number of hydrogen-bond acceptors (Lipinski definition) is 4. The van der Waals surface area contributed by atoms with Gasteiger partial charge in [-0.15, -0.1) is 0 Å². The van der Waals surface area contributed by atoms with E-state index in [9.17, 15) is 14.7 Å². The van der Waals surface area contributed by atoms with Gasteiger partial charge in [-0.05, 0) is 43.5 Å². The van der Waals surface area contributed by atoms with Crippen LogP contribution >= 0.6 is 0 Å². The van der Waals surface area contributed by atoms with Gasteiger partial charge in [-0.25, -0.2) is 9.59 Å². The fraction of sp³-hybridized carbons (Fsp3) is 0.333. The van der Waals surface area contributed by atoms with E-state index in [1.807, 2.05) is 4.57 Å². The van der Waals surface area contributed by atoms with Crippen LogP contribution in [0.15, 0.2) is 24.3 Å². The number of ether oxygens (including phenoxy) is 2. The summed E-state index contributed by atoms with van der Waals surface area (Å²) in [6.07, 6.45) is 2.78. The molecule has 0 saturated heterocycles. The third-order valence-corrected chi connectivity index (χ3v) is 4.39. The molecule has 0 amide bonds. The number of rotatable bonds is 4. The lowest BCUT2D eigenvalue weighted by Crippen LogP contribution is -2.14. The number of aromatic nitrogens is 1. The first kappa shape index (κ1) is 16.1. The van der Waals surface area contributed by atoms with Crippen LogP contribution in [0.1, 0.15) is 39.3 Å². The molecule has 2 aromatic rings. The maximum absolute atomic E-state index is 12.1. The molecule has 0 aliphatic carbocycles. The zero-order valence-electron chi connectivity index (χ0n) is 13.7. The van der Waals surface area contributed by atoms with Crippen LogP contribution in [0.25, 0.3) is 11.3 Å². The Hall–Kier alpha value is -2.76. The molecule has 3 rings (SSSR count). The van der Waals surface area contributed by atoms with Gasteiger partial charge in [0.2, 0.25) is 0 Å². The van der Waals surface area contributed by atoms with Gasteiger partial charge in [0, 0.05) is 23.5 Å². The molecule has 2 heterocycles. The molecular weight excluding hydrogens is 310 g/mol. The molecular formula is C18H19NO5. The maximum atomic E-state index is 12.1. The number of methoxy groups -OCH3 is 2. The van der Waals surface area contributed by atoms with Crippen molar-refractivity contribution in [1.29, 1.82) is 0 Å². The average molecular weight is 329 g/mol. The van der Waals surface area contributed by atoms with E-state index in [-0.39, 0.29) is 5.56 Å². The Bertz CT molecular complexity index is 806. The number of carbonyl (C=O) groups excluding carboxylic acids is 1. The van der Waals surface area contributed by atoms with Crippen LogP contribution in [0, 0.1) is 0 Å². The van der Waals surface area contributed by atoms with E-state index in [2.05, 4.69) is 0 Å². The smallest absolute Gasteiger partial charge is 0.339 e. The van der Waals surface area contributed by atoms with Crippen molar-refractivity contribution in [2.45, 2.75) is 25.8 Å². The number of carboxylic acid groups (broad SMARTS) is 1. The van der Waals surface area contributed by atoms with Crippen molar-refractivity contribution in [2.75, 3.05) is 14.2 Å². The van der Waals surface area contributed by atoms with Crippen molar-refractivity contribution in [2.24, 2.45) is 0 Å². The number of aromatic carboxylic acids is 1. The molecule has 1 aromatic carbocycles. The minimum Gasteiger partial charge on any atom is -0.497 e. The molecule has 0 bridgehead atoms. The standard InChI is InChI=1S/C18H19NO5/c1-23-11-6-7-12(13(9-11)17(20)21)16-10-14(18(22)24-2)15-5-3-4-8-19(15)16/h6-7,9-10H,3-5,8H2,1-2H3,(H,20,21). The molecule has 0 fully saturated rings. The van der Waals surface area contributed by atoms with E-state index in [1.165, 1.54) is 20.3 Å². The molecule has 1 N–H and O–H groups in total. The topological polar surface area (TPSA) is 77.8 Å². The van der Waals surface area contributed by atoms with Crippen LogP contribution in [0.4, 0.5) is 0 Å². The van der Waals surface area contributed by atoms with Crippen LogP contribution in [0.3, 0.4) is 0 Å². The number of carbonyl (C=O) groups is 2. The van der Waals surface area contributed by atoms with Crippen LogP contribution < -0.4 is 4.74 Å². The van der Waals surface area contributed by atoms with Crippen molar-refractivity contribution in [3.05, 3.63) is 41.1 Å². The first-order valence-electron chi connectivity index (χ1n) is 7.79. The first-order chi connectivity index (χ1) is 11.6. The van der Waals surface area contributed by atoms with Gasteiger partial charge in [-0.1, -0.05) is 0 Å². The number of esters is 1. The quantitative estimate of drug-likeness (QED) is 0.873. The first-order valence-corrected chi connectivity index (χ1v) is 7.79. The summed E-state index contributed by atoms with van der Waals surface area (Å²) in [7, 11) is 2.85. The third-order valence-electron chi connectivity index (χ3n) is 4.39. The fourth-order valence-electron chi connectivity index (χ4n) is 3.24. The highest BCUT2D eigenvalue weighted by Gasteiger charge is 2.25. The Morgan fingerprint density at radius 3 is 2.58 bits per heavy atom. The van der Waals surface area contributed by atoms with Gasteiger partial charge in [0.05, 0.1) is 25.3 Å². The highest BCUT2D eigenvalue weighted by molar-refractivity contribution is 5.98. The largest absolute Gasteiger partial charge is 0.497 e. The van der Waals surface area contributed by atoms with E-state index >= 15 is 0 Å². The Labute approximate surface area is 139 Å². The van der Waals surface area contributed by atoms with Gasteiger partial charge in [0.15, 0.2) is 0 Å². The fourth-order valence-corrected chi connectivity index (χ4v) is 3.24. The molecule has 6 heteroatoms. The number of nitrogens with zero attached hydrogens (tertiary/aromatic N) is 1. The van der Waals surface area contributed by atoms with Gasteiger partial charge in [0.25, 0.3) is 0 Å². The van der Waals surface area contributed by atoms with Gasteiger partial charge < -0.3 is 19.1 Å². The summed E-state index contributed by atoms with van der Waals surface area (Å²) in [5, 5.41) is 9.56. The van der Waals surface area contributed by atoms with Crippen molar-refractivity contribution < 1.29 is 24.2 Å². The van der Waals surface area contributed by atoms with Crippen molar-refractivity contribution in [1.82, 2.24) is 4.57 Å². The molecule has 1 aliphatic heterocycles. The summed E-state index contributed by atoms with van der Waals surface area (Å²) < 4.78 is 12.0. The van der Waals surface area contributed by atoms with Crippen LogP contribution in [0.5, 0.6) is 5.75 Å². The molecule has 1 aliphatic rings. The van der Waals surface area contributed by atoms with Gasteiger partial charge in [0.1, 0.15) is 5.75 Å². The number of fused-ring (bicyclic) bond motifs is 1. The lowest BCUT2D eigenvalue weighted by Gasteiger charge is -2.19. The summed E-state index contributed by atoms with van der Waals surface area (Å²) in [5.74, 6) is -0.943. The molecule has 126 valence electrons. The Balaban J connectivity index is 2.21. The second-order valence-corrected chi connectivity index (χ2v) is 5.71. The Kier molecular flexibility index (Phi) is 4.29. The molecule has 0 atom stereocenters. The van der Waals surface area contributed by atoms with Crippen molar-refractivity contribution >= 4 is 11.9 Å². The monoisotopic (exact) mass is 329 g/mol. The van der Waals surface area contributed by atoms with E-state index in [0.717, 1.165) is 37.2 Å². The predicted octanol–water partition coefficient (Wildman–Crippen LogP) is 2.98. The molecule has 6 nitrogen and oxygen atoms in total. The zero-order chi connectivity index (χ0) is 17.3. The molecule has 0 saturated carbocycles. The number of carboxylic acids is 1. The SMILES string of the molecule is COC(=O)c1cc(-c2ccc(OC)cc2C(=O)O)n2c1CCCC2. The molecule has 0 unspecified atom stereocenters. The third kappa shape index (κ3) is 2.64. The minimum atomic E-state index is -1.03. The molecule has 0 radical (unpaired) electrons. The number of hydrogen-bond donors (Lipinski definition) is 1. The summed E-state index contributed by atoms with van der Waals surface area (Å²) >= 11 is 0. The highest BCUT2D eigenvalue weighted by Crippen LogP contribution is 2.34. The average Bonchev–Trinajstić information content (AvgIpc) is 3.00. The highest BCUT2D eigenvalue weighted by atomic mass is 16.5. The Morgan fingerprint density at radius 2 is 1.92 bits per heavy atom. The van der Waals surface area contributed by atoms with E-state index in [0.29, 0.717) is 16.9 Å². The van der Waals surface area contributed by atoms with E-state index < -0.39 is 11.9 Å². The second kappa shape index (κ2) is 6.39. The van der Waals surface area contributed by atoms with Gasteiger partial charge in [-0.2, -0.15) is 0 Å². The lowest BCUT2D eigenvalue weighted by molar-refractivity contribution is 0.0598. The normalized spacial score (nSPS) is 13.2. The van der Waals surface area contributed by atoms with Gasteiger partial charge in [-0.3, -0.25) is 0 Å². The Morgan fingerprint density at radius 1 is 1.12 bits per heavy atom. The zero-order valence-corrected chi connectivity index (χ0v) is 13.7. The number of benzene rings is 1. The molecule has 24 heavy (non-hydrogen) atoms. The van der Waals surface area contributed by atoms with E-state index in [1.54, 1.807) is 18.2 Å². The maximum Gasteiger partial charge on any atom is 0.339 e. The summed E-state index contributed by atoms with van der Waals surface area (Å²) in [6, 6.07) is 6.68.